The number of aliphatic hydroxyl groups excluding tert-OH is 1. The van der Waals surface area contributed by atoms with E-state index in [1.54, 1.807) is 37.3 Å². The minimum absolute atomic E-state index is 0.0620. The number of furan rings is 1. The van der Waals surface area contributed by atoms with Crippen LogP contribution in [-0.4, -0.2) is 55.2 Å². The molecule has 0 aliphatic carbocycles. The van der Waals surface area contributed by atoms with Gasteiger partial charge in [0, 0.05) is 13.2 Å². The zero-order valence-electron chi connectivity index (χ0n) is 19.0. The molecular formula is C24H29NO7. The SMILES string of the molecule is COc1cccc(OC)c1/C(O)=C1\C(=O)C(=O)N(CCCOC(C)C)C1c1ccc(C)o1. The highest BCUT2D eigenvalue weighted by molar-refractivity contribution is 6.46. The molecule has 2 aromatic rings. The van der Waals surface area contributed by atoms with E-state index < -0.39 is 17.7 Å². The largest absolute Gasteiger partial charge is 0.506 e. The lowest BCUT2D eigenvalue weighted by Gasteiger charge is -2.24. The number of methoxy groups -OCH3 is 2. The first-order chi connectivity index (χ1) is 15.3. The molecular weight excluding hydrogens is 414 g/mol. The Labute approximate surface area is 187 Å². The molecule has 1 unspecified atom stereocenters. The number of ether oxygens (including phenoxy) is 3. The Kier molecular flexibility index (Phi) is 7.25. The quantitative estimate of drug-likeness (QED) is 0.272. The number of aliphatic hydroxyl groups is 1. The molecule has 0 bridgehead atoms. The highest BCUT2D eigenvalue weighted by atomic mass is 16.5. The number of likely N-dealkylation sites (tertiary alicyclic amines) is 1. The third kappa shape index (κ3) is 4.50. The fraction of sp³-hybridized carbons (Fsp3) is 0.417. The summed E-state index contributed by atoms with van der Waals surface area (Å²) in [5, 5.41) is 11.3. The van der Waals surface area contributed by atoms with Crippen molar-refractivity contribution in [2.75, 3.05) is 27.4 Å². The minimum atomic E-state index is -0.877. The van der Waals surface area contributed by atoms with Gasteiger partial charge in [-0.25, -0.2) is 0 Å². The molecule has 8 nitrogen and oxygen atoms in total. The van der Waals surface area contributed by atoms with E-state index in [4.69, 9.17) is 18.6 Å². The summed E-state index contributed by atoms with van der Waals surface area (Å²) < 4.78 is 22.1. The molecule has 1 aromatic heterocycles. The number of hydrogen-bond donors (Lipinski definition) is 1. The lowest BCUT2D eigenvalue weighted by molar-refractivity contribution is -0.140. The monoisotopic (exact) mass is 443 g/mol. The summed E-state index contributed by atoms with van der Waals surface area (Å²) in [5.74, 6) is -0.230. The molecule has 2 heterocycles. The number of Topliss-reactive ketones (excluding diaryl/α,β-unsaturated/α-hetero) is 1. The average Bonchev–Trinajstić information content (AvgIpc) is 3.31. The Morgan fingerprint density at radius 1 is 1.12 bits per heavy atom. The van der Waals surface area contributed by atoms with Crippen LogP contribution >= 0.6 is 0 Å². The number of nitrogens with zero attached hydrogens (tertiary/aromatic N) is 1. The highest BCUT2D eigenvalue weighted by Gasteiger charge is 2.47. The van der Waals surface area contributed by atoms with Crippen LogP contribution in [0.1, 0.15) is 43.4 Å². The second-order valence-electron chi connectivity index (χ2n) is 7.75. The Bertz CT molecular complexity index is 999. The van der Waals surface area contributed by atoms with E-state index in [0.29, 0.717) is 36.0 Å². The number of benzene rings is 1. The maximum Gasteiger partial charge on any atom is 0.295 e. The van der Waals surface area contributed by atoms with Crippen LogP contribution < -0.4 is 9.47 Å². The van der Waals surface area contributed by atoms with Gasteiger partial charge in [-0.1, -0.05) is 6.07 Å². The van der Waals surface area contributed by atoms with Crippen LogP contribution in [0.2, 0.25) is 0 Å². The van der Waals surface area contributed by atoms with Crippen molar-refractivity contribution < 1.29 is 33.3 Å². The van der Waals surface area contributed by atoms with Crippen molar-refractivity contribution in [3.8, 4) is 11.5 Å². The van der Waals surface area contributed by atoms with Gasteiger partial charge in [-0.05, 0) is 51.5 Å². The van der Waals surface area contributed by atoms with E-state index >= 15 is 0 Å². The molecule has 3 rings (SSSR count). The maximum absolute atomic E-state index is 13.1. The van der Waals surface area contributed by atoms with Gasteiger partial charge < -0.3 is 28.6 Å². The molecule has 1 aromatic carbocycles. The van der Waals surface area contributed by atoms with Crippen LogP contribution in [0.3, 0.4) is 0 Å². The molecule has 0 radical (unpaired) electrons. The number of carbonyl (C=O) groups excluding carboxylic acids is 2. The van der Waals surface area contributed by atoms with Gasteiger partial charge in [-0.3, -0.25) is 9.59 Å². The molecule has 1 aliphatic rings. The van der Waals surface area contributed by atoms with Crippen molar-refractivity contribution in [1.82, 2.24) is 4.90 Å². The molecule has 172 valence electrons. The summed E-state index contributed by atoms with van der Waals surface area (Å²) >= 11 is 0. The van der Waals surface area contributed by atoms with Crippen molar-refractivity contribution in [2.45, 2.75) is 39.3 Å². The lowest BCUT2D eigenvalue weighted by Crippen LogP contribution is -2.31. The van der Waals surface area contributed by atoms with E-state index in [0.717, 1.165) is 0 Å². The fourth-order valence-electron chi connectivity index (χ4n) is 3.78. The van der Waals surface area contributed by atoms with E-state index in [2.05, 4.69) is 0 Å². The molecule has 32 heavy (non-hydrogen) atoms. The van der Waals surface area contributed by atoms with Crippen molar-refractivity contribution in [3.05, 3.63) is 53.0 Å². The van der Waals surface area contributed by atoms with Gasteiger partial charge in [-0.15, -0.1) is 0 Å². The van der Waals surface area contributed by atoms with E-state index in [1.807, 2.05) is 13.8 Å². The summed E-state index contributed by atoms with van der Waals surface area (Å²) in [5.41, 5.74) is 0.129. The fourth-order valence-corrected chi connectivity index (χ4v) is 3.78. The van der Waals surface area contributed by atoms with Crippen LogP contribution in [0.25, 0.3) is 5.76 Å². The van der Waals surface area contributed by atoms with Crippen molar-refractivity contribution in [3.63, 3.8) is 0 Å². The number of carbonyl (C=O) groups is 2. The number of aryl methyl sites for hydroxylation is 1. The summed E-state index contributed by atoms with van der Waals surface area (Å²) in [6.45, 7) is 6.33. The van der Waals surface area contributed by atoms with Crippen LogP contribution in [-0.2, 0) is 14.3 Å². The smallest absolute Gasteiger partial charge is 0.295 e. The second-order valence-corrected chi connectivity index (χ2v) is 7.75. The van der Waals surface area contributed by atoms with Gasteiger partial charge in [0.05, 0.1) is 25.9 Å². The van der Waals surface area contributed by atoms with Crippen LogP contribution in [0, 0.1) is 6.92 Å². The second kappa shape index (κ2) is 9.91. The number of hydrogen-bond acceptors (Lipinski definition) is 7. The Morgan fingerprint density at radius 2 is 1.78 bits per heavy atom. The number of amides is 1. The van der Waals surface area contributed by atoms with Gasteiger partial charge in [-0.2, -0.15) is 0 Å². The van der Waals surface area contributed by atoms with Gasteiger partial charge >= 0.3 is 0 Å². The first kappa shape index (κ1) is 23.4. The van der Waals surface area contributed by atoms with E-state index in [1.165, 1.54) is 19.1 Å². The third-order valence-electron chi connectivity index (χ3n) is 5.23. The topological polar surface area (TPSA) is 98.4 Å². The average molecular weight is 443 g/mol. The maximum atomic E-state index is 13.1. The van der Waals surface area contributed by atoms with Crippen molar-refractivity contribution >= 4 is 17.4 Å². The zero-order valence-corrected chi connectivity index (χ0v) is 19.0. The van der Waals surface area contributed by atoms with Crippen molar-refractivity contribution in [2.24, 2.45) is 0 Å². The molecule has 1 amide bonds. The first-order valence-electron chi connectivity index (χ1n) is 10.5. The van der Waals surface area contributed by atoms with Gasteiger partial charge in [0.2, 0.25) is 0 Å². The third-order valence-corrected chi connectivity index (χ3v) is 5.23. The molecule has 8 heteroatoms. The molecule has 1 atom stereocenters. The summed E-state index contributed by atoms with van der Waals surface area (Å²) in [6.07, 6.45) is 0.589. The van der Waals surface area contributed by atoms with E-state index in [9.17, 15) is 14.7 Å². The van der Waals surface area contributed by atoms with Gasteiger partial charge in [0.25, 0.3) is 11.7 Å². The van der Waals surface area contributed by atoms with Crippen molar-refractivity contribution in [1.29, 1.82) is 0 Å². The Balaban J connectivity index is 2.11. The highest BCUT2D eigenvalue weighted by Crippen LogP contribution is 2.43. The van der Waals surface area contributed by atoms with Crippen LogP contribution in [0.4, 0.5) is 0 Å². The number of ketones is 1. The predicted molar refractivity (Wildman–Crippen MR) is 118 cm³/mol. The Hall–Kier alpha value is -3.26. The van der Waals surface area contributed by atoms with Gasteiger partial charge in [0.1, 0.15) is 40.4 Å². The molecule has 1 fully saturated rings. The molecule has 1 aliphatic heterocycles. The molecule has 1 saturated heterocycles. The summed E-state index contributed by atoms with van der Waals surface area (Å²) in [4.78, 5) is 27.5. The zero-order chi connectivity index (χ0) is 23.4. The minimum Gasteiger partial charge on any atom is -0.506 e. The normalized spacial score (nSPS) is 17.9. The van der Waals surface area contributed by atoms with Gasteiger partial charge in [0.15, 0.2) is 0 Å². The first-order valence-corrected chi connectivity index (χ1v) is 10.5. The summed E-state index contributed by atoms with van der Waals surface area (Å²) in [7, 11) is 2.90. The molecule has 1 N–H and O–H groups in total. The lowest BCUT2D eigenvalue weighted by atomic mass is 9.98. The van der Waals surface area contributed by atoms with E-state index in [-0.39, 0.29) is 29.5 Å². The van der Waals surface area contributed by atoms with Crippen LogP contribution in [0.15, 0.2) is 40.3 Å². The molecule has 0 saturated carbocycles. The van der Waals surface area contributed by atoms with Crippen LogP contribution in [0.5, 0.6) is 11.5 Å². The predicted octanol–water partition coefficient (Wildman–Crippen LogP) is 3.84. The molecule has 0 spiro atoms. The number of rotatable bonds is 9. The standard InChI is InChI=1S/C24H29NO7/c1-14(2)31-13-7-12-25-21(18-11-10-15(3)32-18)20(23(27)24(25)28)22(26)19-16(29-4)8-6-9-17(19)30-5/h6,8-11,14,21,26H,7,12-13H2,1-5H3/b22-20+. The summed E-state index contributed by atoms with van der Waals surface area (Å²) in [6, 6.07) is 7.57. The Morgan fingerprint density at radius 3 is 2.31 bits per heavy atom.